The molecule has 152 valence electrons. The number of hydrogen-bond acceptors (Lipinski definition) is 6. The first-order chi connectivity index (χ1) is 14.8. The second-order valence-corrected chi connectivity index (χ2v) is 7.59. The van der Waals surface area contributed by atoms with Gasteiger partial charge in [-0.2, -0.15) is 5.10 Å². The van der Waals surface area contributed by atoms with Crippen molar-refractivity contribution in [2.24, 2.45) is 5.92 Å². The Kier molecular flexibility index (Phi) is 5.26. The minimum Gasteiger partial charge on any atom is -0.493 e. The Morgan fingerprint density at radius 2 is 2.00 bits per heavy atom. The third-order valence-electron chi connectivity index (χ3n) is 5.40. The number of nitrogens with one attached hydrogen (secondary N) is 3. The van der Waals surface area contributed by atoms with E-state index in [2.05, 4.69) is 30.8 Å². The smallest absolute Gasteiger partial charge is 0.161 e. The number of nitrogens with zero attached hydrogens (tertiary/aromatic N) is 3. The van der Waals surface area contributed by atoms with Gasteiger partial charge in [-0.15, -0.1) is 0 Å². The fourth-order valence-corrected chi connectivity index (χ4v) is 3.72. The van der Waals surface area contributed by atoms with Crippen LogP contribution in [0.1, 0.15) is 12.8 Å². The standard InChI is InChI=1S/C23H24N6O/c1-2-17(13-20(3-1)30-15-16-6-9-24-10-7-16)23-25-11-8-22(28-23)27-19-4-5-21-18(12-19)14-26-29-21/h1-5,8,11-14,16,24H,6-7,9-10,15H2,(H,26,29)(H,25,27,28). The summed E-state index contributed by atoms with van der Waals surface area (Å²) in [6.07, 6.45) is 5.91. The van der Waals surface area contributed by atoms with E-state index < -0.39 is 0 Å². The van der Waals surface area contributed by atoms with E-state index in [0.717, 1.165) is 53.4 Å². The van der Waals surface area contributed by atoms with Crippen LogP contribution >= 0.6 is 0 Å². The molecule has 2 aromatic heterocycles. The lowest BCUT2D eigenvalue weighted by Gasteiger charge is -2.22. The van der Waals surface area contributed by atoms with E-state index in [1.165, 1.54) is 12.8 Å². The van der Waals surface area contributed by atoms with Crippen molar-refractivity contribution >= 4 is 22.4 Å². The van der Waals surface area contributed by atoms with Gasteiger partial charge in [-0.3, -0.25) is 5.10 Å². The molecule has 4 aromatic rings. The third-order valence-corrected chi connectivity index (χ3v) is 5.40. The van der Waals surface area contributed by atoms with Crippen LogP contribution in [-0.2, 0) is 0 Å². The van der Waals surface area contributed by atoms with E-state index >= 15 is 0 Å². The van der Waals surface area contributed by atoms with Crippen LogP contribution in [0.4, 0.5) is 11.5 Å². The molecule has 7 nitrogen and oxygen atoms in total. The first kappa shape index (κ1) is 18.6. The van der Waals surface area contributed by atoms with Crippen molar-refractivity contribution in [3.8, 4) is 17.1 Å². The molecule has 0 aliphatic carbocycles. The lowest BCUT2D eigenvalue weighted by Crippen LogP contribution is -2.30. The van der Waals surface area contributed by atoms with Crippen molar-refractivity contribution < 1.29 is 4.74 Å². The third kappa shape index (κ3) is 4.26. The number of H-pyrrole nitrogens is 1. The summed E-state index contributed by atoms with van der Waals surface area (Å²) in [5.41, 5.74) is 2.89. The molecule has 0 atom stereocenters. The monoisotopic (exact) mass is 400 g/mol. The van der Waals surface area contributed by atoms with Crippen LogP contribution in [0.3, 0.4) is 0 Å². The average molecular weight is 400 g/mol. The molecule has 0 saturated carbocycles. The molecule has 5 rings (SSSR count). The summed E-state index contributed by atoms with van der Waals surface area (Å²) < 4.78 is 6.06. The van der Waals surface area contributed by atoms with Crippen LogP contribution in [-0.4, -0.2) is 39.9 Å². The van der Waals surface area contributed by atoms with E-state index in [4.69, 9.17) is 4.74 Å². The number of rotatable bonds is 6. The summed E-state index contributed by atoms with van der Waals surface area (Å²) in [6.45, 7) is 2.91. The molecular formula is C23H24N6O. The number of piperidine rings is 1. The Bertz CT molecular complexity index is 1140. The zero-order chi connectivity index (χ0) is 20.2. The Morgan fingerprint density at radius 3 is 2.93 bits per heavy atom. The maximum atomic E-state index is 6.06. The molecule has 0 bridgehead atoms. The lowest BCUT2D eigenvalue weighted by molar-refractivity contribution is 0.215. The van der Waals surface area contributed by atoms with Crippen molar-refractivity contribution in [3.05, 3.63) is 60.9 Å². The normalized spacial score (nSPS) is 14.7. The highest BCUT2D eigenvalue weighted by Crippen LogP contribution is 2.25. The van der Waals surface area contributed by atoms with Crippen LogP contribution in [0.25, 0.3) is 22.3 Å². The van der Waals surface area contributed by atoms with Gasteiger partial charge in [0.25, 0.3) is 0 Å². The number of benzene rings is 2. The fourth-order valence-electron chi connectivity index (χ4n) is 3.72. The Balaban J connectivity index is 1.30. The van der Waals surface area contributed by atoms with E-state index in [1.54, 1.807) is 12.4 Å². The molecule has 2 aromatic carbocycles. The summed E-state index contributed by atoms with van der Waals surface area (Å²) in [6, 6.07) is 15.9. The van der Waals surface area contributed by atoms with Gasteiger partial charge < -0.3 is 15.4 Å². The molecule has 1 fully saturated rings. The largest absolute Gasteiger partial charge is 0.493 e. The predicted octanol–water partition coefficient (Wildman–Crippen LogP) is 4.14. The quantitative estimate of drug-likeness (QED) is 0.451. The number of aromatic nitrogens is 4. The highest BCUT2D eigenvalue weighted by Gasteiger charge is 2.14. The Labute approximate surface area is 174 Å². The van der Waals surface area contributed by atoms with Crippen LogP contribution < -0.4 is 15.4 Å². The molecule has 0 unspecified atom stereocenters. The number of aromatic amines is 1. The first-order valence-corrected chi connectivity index (χ1v) is 10.3. The van der Waals surface area contributed by atoms with Crippen molar-refractivity contribution in [2.45, 2.75) is 12.8 Å². The summed E-state index contributed by atoms with van der Waals surface area (Å²) >= 11 is 0. The molecule has 3 N–H and O–H groups in total. The van der Waals surface area contributed by atoms with Crippen molar-refractivity contribution in [3.63, 3.8) is 0 Å². The maximum Gasteiger partial charge on any atom is 0.161 e. The summed E-state index contributed by atoms with van der Waals surface area (Å²) in [7, 11) is 0. The van der Waals surface area contributed by atoms with Gasteiger partial charge in [-0.05, 0) is 68.2 Å². The molecule has 1 saturated heterocycles. The maximum absolute atomic E-state index is 6.06. The van der Waals surface area contributed by atoms with Gasteiger partial charge >= 0.3 is 0 Å². The van der Waals surface area contributed by atoms with Crippen LogP contribution in [0, 0.1) is 5.92 Å². The highest BCUT2D eigenvalue weighted by atomic mass is 16.5. The van der Waals surface area contributed by atoms with Crippen LogP contribution in [0.15, 0.2) is 60.9 Å². The second kappa shape index (κ2) is 8.51. The molecule has 0 amide bonds. The number of anilines is 2. The highest BCUT2D eigenvalue weighted by molar-refractivity contribution is 5.82. The lowest BCUT2D eigenvalue weighted by atomic mass is 9.99. The zero-order valence-electron chi connectivity index (χ0n) is 16.6. The van der Waals surface area contributed by atoms with Crippen LogP contribution in [0.2, 0.25) is 0 Å². The fraction of sp³-hybridized carbons (Fsp3) is 0.261. The van der Waals surface area contributed by atoms with E-state index in [9.17, 15) is 0 Å². The van der Waals surface area contributed by atoms with Crippen molar-refractivity contribution in [2.75, 3.05) is 25.0 Å². The van der Waals surface area contributed by atoms with Gasteiger partial charge in [-0.25, -0.2) is 9.97 Å². The van der Waals surface area contributed by atoms with Gasteiger partial charge in [-0.1, -0.05) is 12.1 Å². The summed E-state index contributed by atoms with van der Waals surface area (Å²) in [5, 5.41) is 14.8. The molecular weight excluding hydrogens is 376 g/mol. The van der Waals surface area contributed by atoms with Crippen molar-refractivity contribution in [1.29, 1.82) is 0 Å². The molecule has 1 aliphatic rings. The topological polar surface area (TPSA) is 87.8 Å². The van der Waals surface area contributed by atoms with E-state index in [1.807, 2.05) is 48.5 Å². The van der Waals surface area contributed by atoms with Gasteiger partial charge in [0.05, 0.1) is 18.3 Å². The summed E-state index contributed by atoms with van der Waals surface area (Å²) in [5.74, 6) is 2.88. The Morgan fingerprint density at radius 1 is 1.07 bits per heavy atom. The molecule has 0 spiro atoms. The minimum atomic E-state index is 0.617. The van der Waals surface area contributed by atoms with Crippen molar-refractivity contribution in [1.82, 2.24) is 25.5 Å². The Hall–Kier alpha value is -3.45. The SMILES string of the molecule is c1cc(OCC2CCNCC2)cc(-c2nccc(Nc3ccc4[nH]ncc4c3)n2)c1. The predicted molar refractivity (Wildman–Crippen MR) is 118 cm³/mol. The molecule has 0 radical (unpaired) electrons. The molecule has 1 aliphatic heterocycles. The molecule has 7 heteroatoms. The molecule has 3 heterocycles. The van der Waals surface area contributed by atoms with Gasteiger partial charge in [0.1, 0.15) is 11.6 Å². The van der Waals surface area contributed by atoms with E-state index in [-0.39, 0.29) is 0 Å². The molecule has 30 heavy (non-hydrogen) atoms. The van der Waals surface area contributed by atoms with Gasteiger partial charge in [0.15, 0.2) is 5.82 Å². The van der Waals surface area contributed by atoms with Gasteiger partial charge in [0.2, 0.25) is 0 Å². The van der Waals surface area contributed by atoms with E-state index in [0.29, 0.717) is 11.7 Å². The number of fused-ring (bicyclic) bond motifs is 1. The van der Waals surface area contributed by atoms with Gasteiger partial charge in [0, 0.05) is 22.8 Å². The minimum absolute atomic E-state index is 0.617. The second-order valence-electron chi connectivity index (χ2n) is 7.59. The van der Waals surface area contributed by atoms with Crippen LogP contribution in [0.5, 0.6) is 5.75 Å². The zero-order valence-corrected chi connectivity index (χ0v) is 16.6. The number of ether oxygens (including phenoxy) is 1. The summed E-state index contributed by atoms with van der Waals surface area (Å²) in [4.78, 5) is 9.14. The number of hydrogen-bond donors (Lipinski definition) is 3. The first-order valence-electron chi connectivity index (χ1n) is 10.3. The average Bonchev–Trinajstić information content (AvgIpc) is 3.27.